The second kappa shape index (κ2) is 9.62. The van der Waals surface area contributed by atoms with E-state index in [1.807, 2.05) is 74.5 Å². The van der Waals surface area contributed by atoms with Crippen molar-refractivity contribution in [1.82, 2.24) is 5.01 Å². The predicted octanol–water partition coefficient (Wildman–Crippen LogP) is 5.65. The molecule has 2 amide bonds. The first kappa shape index (κ1) is 24.4. The van der Waals surface area contributed by atoms with Crippen molar-refractivity contribution in [3.05, 3.63) is 114 Å². The smallest absolute Gasteiger partial charge is 0.260 e. The summed E-state index contributed by atoms with van der Waals surface area (Å²) in [6.45, 7) is 8.25. The number of nitrogens with one attached hydrogen (secondary N) is 1. The van der Waals surface area contributed by atoms with Crippen LogP contribution in [0.1, 0.15) is 36.0 Å². The van der Waals surface area contributed by atoms with E-state index in [-0.39, 0.29) is 17.6 Å². The summed E-state index contributed by atoms with van der Waals surface area (Å²) in [6.07, 6.45) is 4.16. The molecule has 1 heterocycles. The number of carbonyl (C=O) groups excluding carboxylic acids is 2. The number of hydrazine groups is 1. The fourth-order valence-electron chi connectivity index (χ4n) is 5.74. The number of ether oxygens (including phenoxy) is 1. The standard InChI is InChI=1S/C31H30N2O4/c1-4-21-13-17-25-29(35)33(32-24-15-11-20(3)12-16-24)30(36)31(25,23-9-7-6-8-10-23)28(21)22-14-18-26(34)27(19-22)37-5-2/h4,6-16,18-19,25,28,32,34H,1,5,17H2,2-3H3/t25-,28+,31+/m0/s1. The van der Waals surface area contributed by atoms with Gasteiger partial charge < -0.3 is 9.84 Å². The Balaban J connectivity index is 1.71. The van der Waals surface area contributed by atoms with E-state index in [0.29, 0.717) is 24.5 Å². The van der Waals surface area contributed by atoms with Crippen LogP contribution in [-0.4, -0.2) is 28.5 Å². The van der Waals surface area contributed by atoms with Crippen molar-refractivity contribution in [1.29, 1.82) is 0 Å². The molecule has 0 radical (unpaired) electrons. The van der Waals surface area contributed by atoms with E-state index in [2.05, 4.69) is 12.0 Å². The zero-order chi connectivity index (χ0) is 26.2. The van der Waals surface area contributed by atoms with Gasteiger partial charge >= 0.3 is 0 Å². The number of benzene rings is 3. The number of rotatable bonds is 7. The molecule has 1 saturated heterocycles. The third kappa shape index (κ3) is 3.89. The topological polar surface area (TPSA) is 78.9 Å². The fourth-order valence-corrected chi connectivity index (χ4v) is 5.74. The highest BCUT2D eigenvalue weighted by atomic mass is 16.5. The number of nitrogens with zero attached hydrogens (tertiary/aromatic N) is 1. The fraction of sp³-hybridized carbons (Fsp3) is 0.226. The molecule has 5 rings (SSSR count). The average molecular weight is 495 g/mol. The Morgan fingerprint density at radius 3 is 2.51 bits per heavy atom. The number of hydrogen-bond donors (Lipinski definition) is 2. The molecule has 2 aliphatic rings. The molecule has 0 bridgehead atoms. The quantitative estimate of drug-likeness (QED) is 0.415. The molecule has 0 spiro atoms. The van der Waals surface area contributed by atoms with Crippen LogP contribution in [0.3, 0.4) is 0 Å². The molecule has 2 N–H and O–H groups in total. The number of phenols is 1. The van der Waals surface area contributed by atoms with Crippen molar-refractivity contribution >= 4 is 17.5 Å². The molecule has 6 heteroatoms. The number of aromatic hydroxyl groups is 1. The molecule has 37 heavy (non-hydrogen) atoms. The second-order valence-corrected chi connectivity index (χ2v) is 9.48. The van der Waals surface area contributed by atoms with E-state index in [4.69, 9.17) is 4.74 Å². The van der Waals surface area contributed by atoms with Crippen LogP contribution >= 0.6 is 0 Å². The summed E-state index contributed by atoms with van der Waals surface area (Å²) in [5.41, 5.74) is 5.99. The summed E-state index contributed by atoms with van der Waals surface area (Å²) in [5, 5.41) is 11.6. The van der Waals surface area contributed by atoms with Gasteiger partial charge in [0.15, 0.2) is 11.5 Å². The third-order valence-corrected chi connectivity index (χ3v) is 7.40. The first-order valence-corrected chi connectivity index (χ1v) is 12.5. The highest BCUT2D eigenvalue weighted by Gasteiger charge is 2.65. The zero-order valence-corrected chi connectivity index (χ0v) is 21.0. The number of hydrogen-bond acceptors (Lipinski definition) is 5. The van der Waals surface area contributed by atoms with Crippen LogP contribution in [0.4, 0.5) is 5.69 Å². The van der Waals surface area contributed by atoms with E-state index in [9.17, 15) is 14.7 Å². The van der Waals surface area contributed by atoms with Gasteiger partial charge in [-0.15, -0.1) is 0 Å². The molecule has 1 aliphatic heterocycles. The van der Waals surface area contributed by atoms with E-state index in [1.165, 1.54) is 5.01 Å². The SMILES string of the molecule is C=CC1=CC[C@H]2C(=O)N(Nc3ccc(C)cc3)C(=O)[C@@]2(c2ccccc2)[C@H]1c1ccc(O)c(OCC)c1. The molecule has 3 atom stereocenters. The highest BCUT2D eigenvalue weighted by molar-refractivity contribution is 6.12. The molecular weight excluding hydrogens is 464 g/mol. The summed E-state index contributed by atoms with van der Waals surface area (Å²) in [6, 6.07) is 22.2. The van der Waals surface area contributed by atoms with Crippen LogP contribution in [0.15, 0.2) is 97.1 Å². The number of aryl methyl sites for hydroxylation is 1. The van der Waals surface area contributed by atoms with Gasteiger partial charge in [0, 0.05) is 5.92 Å². The van der Waals surface area contributed by atoms with Gasteiger partial charge in [0.05, 0.1) is 23.6 Å². The minimum Gasteiger partial charge on any atom is -0.504 e. The number of carbonyl (C=O) groups is 2. The minimum atomic E-state index is -1.21. The zero-order valence-electron chi connectivity index (χ0n) is 21.0. The lowest BCUT2D eigenvalue weighted by Gasteiger charge is -2.43. The number of anilines is 1. The second-order valence-electron chi connectivity index (χ2n) is 9.48. The summed E-state index contributed by atoms with van der Waals surface area (Å²) < 4.78 is 5.67. The first-order valence-electron chi connectivity index (χ1n) is 12.5. The normalized spacial score (nSPS) is 22.9. The summed E-state index contributed by atoms with van der Waals surface area (Å²) in [5.74, 6) is -1.39. The van der Waals surface area contributed by atoms with Gasteiger partial charge in [-0.25, -0.2) is 0 Å². The lowest BCUT2D eigenvalue weighted by molar-refractivity contribution is -0.138. The molecule has 1 fully saturated rings. The monoisotopic (exact) mass is 494 g/mol. The van der Waals surface area contributed by atoms with Crippen molar-refractivity contribution in [3.8, 4) is 11.5 Å². The van der Waals surface area contributed by atoms with E-state index < -0.39 is 17.3 Å². The van der Waals surface area contributed by atoms with E-state index in [0.717, 1.165) is 22.3 Å². The van der Waals surface area contributed by atoms with Crippen LogP contribution in [0.2, 0.25) is 0 Å². The number of amides is 2. The summed E-state index contributed by atoms with van der Waals surface area (Å²) in [7, 11) is 0. The predicted molar refractivity (Wildman–Crippen MR) is 143 cm³/mol. The van der Waals surface area contributed by atoms with Crippen LogP contribution in [-0.2, 0) is 15.0 Å². The molecule has 6 nitrogen and oxygen atoms in total. The third-order valence-electron chi connectivity index (χ3n) is 7.40. The maximum Gasteiger partial charge on any atom is 0.260 e. The van der Waals surface area contributed by atoms with Crippen molar-refractivity contribution in [2.75, 3.05) is 12.0 Å². The summed E-state index contributed by atoms with van der Waals surface area (Å²) in [4.78, 5) is 28.5. The Labute approximate surface area is 216 Å². The molecular formula is C31H30N2O4. The van der Waals surface area contributed by atoms with Gasteiger partial charge in [0.25, 0.3) is 11.8 Å². The Kier molecular flexibility index (Phi) is 6.34. The van der Waals surface area contributed by atoms with Gasteiger partial charge in [-0.3, -0.25) is 15.0 Å². The van der Waals surface area contributed by atoms with Gasteiger partial charge in [0.2, 0.25) is 0 Å². The molecule has 3 aromatic rings. The number of phenolic OH excluding ortho intramolecular Hbond substituents is 1. The molecule has 188 valence electrons. The molecule has 3 aromatic carbocycles. The number of allylic oxidation sites excluding steroid dienone is 3. The van der Waals surface area contributed by atoms with Crippen molar-refractivity contribution < 1.29 is 19.4 Å². The summed E-state index contributed by atoms with van der Waals surface area (Å²) >= 11 is 0. The van der Waals surface area contributed by atoms with Crippen LogP contribution in [0, 0.1) is 12.8 Å². The van der Waals surface area contributed by atoms with E-state index in [1.54, 1.807) is 24.3 Å². The highest BCUT2D eigenvalue weighted by Crippen LogP contribution is 2.58. The molecule has 0 aromatic heterocycles. The minimum absolute atomic E-state index is 0.0207. The van der Waals surface area contributed by atoms with Crippen molar-refractivity contribution in [2.45, 2.75) is 31.6 Å². The Bertz CT molecular complexity index is 1380. The number of imide groups is 1. The maximum absolute atomic E-state index is 14.6. The van der Waals surface area contributed by atoms with Gasteiger partial charge in [0.1, 0.15) is 0 Å². The lowest BCUT2D eigenvalue weighted by atomic mass is 9.56. The van der Waals surface area contributed by atoms with Crippen LogP contribution in [0.5, 0.6) is 11.5 Å². The average Bonchev–Trinajstić information content (AvgIpc) is 3.13. The Morgan fingerprint density at radius 2 is 1.84 bits per heavy atom. The first-order chi connectivity index (χ1) is 17.9. The number of fused-ring (bicyclic) bond motifs is 1. The van der Waals surface area contributed by atoms with Gasteiger partial charge in [-0.2, -0.15) is 5.01 Å². The maximum atomic E-state index is 14.6. The van der Waals surface area contributed by atoms with Gasteiger partial charge in [-0.1, -0.05) is 72.8 Å². The molecule has 0 unspecified atom stereocenters. The van der Waals surface area contributed by atoms with E-state index >= 15 is 0 Å². The van der Waals surface area contributed by atoms with Crippen LogP contribution < -0.4 is 10.2 Å². The Hall–Kier alpha value is -4.32. The molecule has 0 saturated carbocycles. The Morgan fingerprint density at radius 1 is 1.11 bits per heavy atom. The van der Waals surface area contributed by atoms with Crippen molar-refractivity contribution in [3.63, 3.8) is 0 Å². The lowest BCUT2D eigenvalue weighted by Crippen LogP contribution is -2.48. The van der Waals surface area contributed by atoms with Crippen molar-refractivity contribution in [2.24, 2.45) is 5.92 Å². The molecule has 1 aliphatic carbocycles. The largest absolute Gasteiger partial charge is 0.504 e. The van der Waals surface area contributed by atoms with Gasteiger partial charge in [-0.05, 0) is 61.2 Å². The van der Waals surface area contributed by atoms with Crippen LogP contribution in [0.25, 0.3) is 0 Å².